The van der Waals surface area contributed by atoms with Gasteiger partial charge in [0.05, 0.1) is 5.69 Å². The topological polar surface area (TPSA) is 29.9 Å². The predicted molar refractivity (Wildman–Crippen MR) is 77.7 cm³/mol. The summed E-state index contributed by atoms with van der Waals surface area (Å²) in [5.41, 5.74) is 1.06. The van der Waals surface area contributed by atoms with E-state index in [-0.39, 0.29) is 0 Å². The molecule has 1 heterocycles. The van der Waals surface area contributed by atoms with Gasteiger partial charge in [-0.3, -0.25) is 4.57 Å². The molecular formula is C12H13Br2N3. The highest BCUT2D eigenvalue weighted by Gasteiger charge is 2.09. The predicted octanol–water partition coefficient (Wildman–Crippen LogP) is 4.22. The fourth-order valence-electron chi connectivity index (χ4n) is 1.53. The minimum Gasteiger partial charge on any atom is -0.353 e. The van der Waals surface area contributed by atoms with Crippen LogP contribution in [0.2, 0.25) is 0 Å². The molecule has 1 aromatic heterocycles. The van der Waals surface area contributed by atoms with Crippen molar-refractivity contribution in [2.75, 3.05) is 5.32 Å². The second-order valence-corrected chi connectivity index (χ2v) is 5.79. The van der Waals surface area contributed by atoms with E-state index in [2.05, 4.69) is 62.1 Å². The number of nitrogens with one attached hydrogen (secondary N) is 1. The molecule has 5 heteroatoms. The van der Waals surface area contributed by atoms with E-state index >= 15 is 0 Å². The van der Waals surface area contributed by atoms with Crippen LogP contribution in [0, 0.1) is 0 Å². The Bertz CT molecular complexity index is 520. The van der Waals surface area contributed by atoms with Crippen LogP contribution in [0.4, 0.5) is 5.95 Å². The Morgan fingerprint density at radius 2 is 2.06 bits per heavy atom. The van der Waals surface area contributed by atoms with E-state index in [4.69, 9.17) is 0 Å². The number of halogens is 2. The van der Waals surface area contributed by atoms with Gasteiger partial charge in [0.2, 0.25) is 5.95 Å². The zero-order valence-electron chi connectivity index (χ0n) is 9.61. The molecule has 0 aliphatic rings. The third-order valence-corrected chi connectivity index (χ3v) is 3.39. The Balaban J connectivity index is 2.45. The molecule has 0 aliphatic heterocycles. The average molecular weight is 359 g/mol. The zero-order chi connectivity index (χ0) is 12.4. The minimum atomic E-state index is 0.349. The summed E-state index contributed by atoms with van der Waals surface area (Å²) in [5, 5.41) is 3.31. The standard InChI is InChI=1S/C12H13Br2N3/c1-8(2)16-12-15-5-6-17(12)11-7-9(13)3-4-10(11)14/h3-8H,1-2H3,(H,15,16). The van der Waals surface area contributed by atoms with Gasteiger partial charge < -0.3 is 5.32 Å². The summed E-state index contributed by atoms with van der Waals surface area (Å²) < 4.78 is 4.10. The number of hydrogen-bond donors (Lipinski definition) is 1. The first-order valence-electron chi connectivity index (χ1n) is 5.33. The van der Waals surface area contributed by atoms with Crippen molar-refractivity contribution < 1.29 is 0 Å². The van der Waals surface area contributed by atoms with Gasteiger partial charge >= 0.3 is 0 Å². The van der Waals surface area contributed by atoms with E-state index in [0.717, 1.165) is 20.6 Å². The highest BCUT2D eigenvalue weighted by atomic mass is 79.9. The van der Waals surface area contributed by atoms with Gasteiger partial charge in [0.1, 0.15) is 0 Å². The van der Waals surface area contributed by atoms with E-state index in [9.17, 15) is 0 Å². The summed E-state index contributed by atoms with van der Waals surface area (Å²) >= 11 is 7.04. The largest absolute Gasteiger partial charge is 0.353 e. The lowest BCUT2D eigenvalue weighted by atomic mass is 10.3. The van der Waals surface area contributed by atoms with E-state index in [1.165, 1.54) is 0 Å². The van der Waals surface area contributed by atoms with Crippen LogP contribution in [0.25, 0.3) is 5.69 Å². The van der Waals surface area contributed by atoms with E-state index < -0.39 is 0 Å². The van der Waals surface area contributed by atoms with Crippen molar-refractivity contribution in [2.45, 2.75) is 19.9 Å². The summed E-state index contributed by atoms with van der Waals surface area (Å²) in [5.74, 6) is 0.846. The minimum absolute atomic E-state index is 0.349. The molecule has 2 rings (SSSR count). The molecule has 0 saturated heterocycles. The Hall–Kier alpha value is -0.810. The van der Waals surface area contributed by atoms with Crippen molar-refractivity contribution in [3.63, 3.8) is 0 Å². The second-order valence-electron chi connectivity index (χ2n) is 4.02. The number of imidazole rings is 1. The third-order valence-electron chi connectivity index (χ3n) is 2.23. The quantitative estimate of drug-likeness (QED) is 0.890. The lowest BCUT2D eigenvalue weighted by molar-refractivity contribution is 0.863. The summed E-state index contributed by atoms with van der Waals surface area (Å²) in [6, 6.07) is 6.41. The second kappa shape index (κ2) is 5.23. The Morgan fingerprint density at radius 3 is 2.76 bits per heavy atom. The highest BCUT2D eigenvalue weighted by Crippen LogP contribution is 2.27. The average Bonchev–Trinajstić information content (AvgIpc) is 2.69. The highest BCUT2D eigenvalue weighted by molar-refractivity contribution is 9.11. The van der Waals surface area contributed by atoms with Crippen molar-refractivity contribution in [2.24, 2.45) is 0 Å². The first-order valence-corrected chi connectivity index (χ1v) is 6.92. The number of nitrogens with zero attached hydrogens (tertiary/aromatic N) is 2. The molecule has 0 unspecified atom stereocenters. The molecule has 3 nitrogen and oxygen atoms in total. The van der Waals surface area contributed by atoms with Crippen LogP contribution in [0.5, 0.6) is 0 Å². The summed E-state index contributed by atoms with van der Waals surface area (Å²) in [6.07, 6.45) is 3.73. The molecule has 1 aromatic carbocycles. The maximum atomic E-state index is 4.32. The van der Waals surface area contributed by atoms with Crippen molar-refractivity contribution in [3.8, 4) is 5.69 Å². The van der Waals surface area contributed by atoms with Crippen molar-refractivity contribution in [1.29, 1.82) is 0 Å². The Kier molecular flexibility index (Phi) is 3.89. The first-order chi connectivity index (χ1) is 8.08. The van der Waals surface area contributed by atoms with Crippen LogP contribution in [-0.2, 0) is 0 Å². The maximum absolute atomic E-state index is 4.32. The fraction of sp³-hybridized carbons (Fsp3) is 0.250. The van der Waals surface area contributed by atoms with Crippen LogP contribution in [-0.4, -0.2) is 15.6 Å². The zero-order valence-corrected chi connectivity index (χ0v) is 12.8. The number of aromatic nitrogens is 2. The lowest BCUT2D eigenvalue weighted by Gasteiger charge is -2.13. The van der Waals surface area contributed by atoms with Gasteiger partial charge in [0, 0.05) is 27.4 Å². The molecule has 1 N–H and O–H groups in total. The Morgan fingerprint density at radius 1 is 1.29 bits per heavy atom. The summed E-state index contributed by atoms with van der Waals surface area (Å²) in [6.45, 7) is 4.18. The molecule has 0 atom stereocenters. The third kappa shape index (κ3) is 2.90. The molecule has 17 heavy (non-hydrogen) atoms. The number of hydrogen-bond acceptors (Lipinski definition) is 2. The van der Waals surface area contributed by atoms with Crippen molar-refractivity contribution in [3.05, 3.63) is 39.5 Å². The summed E-state index contributed by atoms with van der Waals surface area (Å²) in [4.78, 5) is 4.32. The van der Waals surface area contributed by atoms with Gasteiger partial charge in [-0.1, -0.05) is 15.9 Å². The molecule has 0 spiro atoms. The number of rotatable bonds is 3. The van der Waals surface area contributed by atoms with Crippen LogP contribution < -0.4 is 5.32 Å². The van der Waals surface area contributed by atoms with E-state index in [0.29, 0.717) is 6.04 Å². The Labute approximate surface area is 118 Å². The van der Waals surface area contributed by atoms with Gasteiger partial charge in [-0.05, 0) is 48.0 Å². The summed E-state index contributed by atoms with van der Waals surface area (Å²) in [7, 11) is 0. The molecule has 0 radical (unpaired) electrons. The SMILES string of the molecule is CC(C)Nc1nccn1-c1cc(Br)ccc1Br. The van der Waals surface area contributed by atoms with Gasteiger partial charge in [-0.15, -0.1) is 0 Å². The molecule has 2 aromatic rings. The van der Waals surface area contributed by atoms with Crippen LogP contribution in [0.15, 0.2) is 39.5 Å². The van der Waals surface area contributed by atoms with Crippen LogP contribution in [0.3, 0.4) is 0 Å². The van der Waals surface area contributed by atoms with Gasteiger partial charge in [0.15, 0.2) is 0 Å². The molecule has 90 valence electrons. The molecule has 0 bridgehead atoms. The van der Waals surface area contributed by atoms with Gasteiger partial charge in [-0.25, -0.2) is 4.98 Å². The van der Waals surface area contributed by atoms with Crippen LogP contribution in [0.1, 0.15) is 13.8 Å². The fourth-order valence-corrected chi connectivity index (χ4v) is 2.32. The maximum Gasteiger partial charge on any atom is 0.207 e. The number of anilines is 1. The molecular weight excluding hydrogens is 346 g/mol. The number of benzene rings is 1. The molecule has 0 amide bonds. The smallest absolute Gasteiger partial charge is 0.207 e. The lowest BCUT2D eigenvalue weighted by Crippen LogP contribution is -2.14. The molecule has 0 saturated carbocycles. The van der Waals surface area contributed by atoms with Crippen LogP contribution >= 0.6 is 31.9 Å². The van der Waals surface area contributed by atoms with Crippen molar-refractivity contribution >= 4 is 37.8 Å². The van der Waals surface area contributed by atoms with Crippen molar-refractivity contribution in [1.82, 2.24) is 9.55 Å². The van der Waals surface area contributed by atoms with Gasteiger partial charge in [0.25, 0.3) is 0 Å². The van der Waals surface area contributed by atoms with E-state index in [1.807, 2.05) is 22.9 Å². The normalized spacial score (nSPS) is 10.9. The monoisotopic (exact) mass is 357 g/mol. The van der Waals surface area contributed by atoms with Gasteiger partial charge in [-0.2, -0.15) is 0 Å². The molecule has 0 fully saturated rings. The molecule has 0 aliphatic carbocycles. The first kappa shape index (κ1) is 12.6. The van der Waals surface area contributed by atoms with E-state index in [1.54, 1.807) is 6.20 Å².